The molecule has 27 heavy (non-hydrogen) atoms. The number of ether oxygens (including phenoxy) is 1. The molecule has 150 valence electrons. The molecule has 8 nitrogen and oxygen atoms in total. The third kappa shape index (κ3) is 4.60. The molecule has 1 unspecified atom stereocenters. The number of hydrogen-bond donors (Lipinski definition) is 1. The molecule has 1 amide bonds. The highest BCUT2D eigenvalue weighted by atomic mass is 35.5. The molecule has 0 saturated carbocycles. The molecule has 0 radical (unpaired) electrons. The number of sulfonamides is 1. The Morgan fingerprint density at radius 1 is 1.22 bits per heavy atom. The molecule has 1 aromatic carbocycles. The second-order valence-electron chi connectivity index (χ2n) is 6.44. The molecule has 0 bridgehead atoms. The van der Waals surface area contributed by atoms with E-state index < -0.39 is 16.0 Å². The Morgan fingerprint density at radius 2 is 1.93 bits per heavy atom. The van der Waals surface area contributed by atoms with Crippen LogP contribution in [0.25, 0.3) is 0 Å². The van der Waals surface area contributed by atoms with Crippen LogP contribution in [0.1, 0.15) is 23.2 Å². The van der Waals surface area contributed by atoms with Gasteiger partial charge in [-0.15, -0.1) is 12.4 Å². The summed E-state index contributed by atoms with van der Waals surface area (Å²) in [6.07, 6.45) is 1.51. The number of nitrogens with zero attached hydrogens (tertiary/aromatic N) is 2. The molecule has 2 fully saturated rings. The fraction of sp³-hybridized carbons (Fsp3) is 0.529. The number of benzene rings is 1. The minimum absolute atomic E-state index is 0. The number of piperazine rings is 1. The molecule has 1 aromatic rings. The van der Waals surface area contributed by atoms with E-state index >= 15 is 0 Å². The minimum atomic E-state index is -3.67. The van der Waals surface area contributed by atoms with Gasteiger partial charge in [0.15, 0.2) is 0 Å². The van der Waals surface area contributed by atoms with Crippen LogP contribution in [0, 0.1) is 0 Å². The molecule has 3 rings (SSSR count). The second-order valence-corrected chi connectivity index (χ2v) is 8.38. The highest BCUT2D eigenvalue weighted by Crippen LogP contribution is 2.24. The van der Waals surface area contributed by atoms with Crippen molar-refractivity contribution in [1.29, 1.82) is 0 Å². The number of esters is 1. The average molecular weight is 418 g/mol. The van der Waals surface area contributed by atoms with Gasteiger partial charge in [-0.3, -0.25) is 4.79 Å². The van der Waals surface area contributed by atoms with Crippen LogP contribution in [0.4, 0.5) is 0 Å². The Bertz CT molecular complexity index is 784. The van der Waals surface area contributed by atoms with Crippen molar-refractivity contribution < 1.29 is 22.7 Å². The van der Waals surface area contributed by atoms with E-state index in [-0.39, 0.29) is 29.3 Å². The first-order valence-electron chi connectivity index (χ1n) is 8.62. The lowest BCUT2D eigenvalue weighted by atomic mass is 10.1. The Kier molecular flexibility index (Phi) is 7.21. The van der Waals surface area contributed by atoms with Crippen molar-refractivity contribution in [2.75, 3.05) is 39.8 Å². The number of piperidine rings is 1. The average Bonchev–Trinajstić information content (AvgIpc) is 2.68. The zero-order valence-corrected chi connectivity index (χ0v) is 16.7. The van der Waals surface area contributed by atoms with E-state index in [0.717, 1.165) is 13.0 Å². The van der Waals surface area contributed by atoms with Crippen molar-refractivity contribution in [2.24, 2.45) is 0 Å². The minimum Gasteiger partial charge on any atom is -0.465 e. The second kappa shape index (κ2) is 9.01. The van der Waals surface area contributed by atoms with E-state index in [0.29, 0.717) is 38.2 Å². The van der Waals surface area contributed by atoms with E-state index in [9.17, 15) is 18.0 Å². The molecule has 0 aliphatic carbocycles. The number of nitrogens with one attached hydrogen (secondary N) is 1. The number of methoxy groups -OCH3 is 1. The first-order chi connectivity index (χ1) is 12.4. The van der Waals surface area contributed by atoms with E-state index in [1.807, 2.05) is 0 Å². The first-order valence-corrected chi connectivity index (χ1v) is 10.1. The van der Waals surface area contributed by atoms with Gasteiger partial charge in [0.1, 0.15) is 0 Å². The monoisotopic (exact) mass is 417 g/mol. The van der Waals surface area contributed by atoms with Gasteiger partial charge in [0.2, 0.25) is 15.9 Å². The predicted octanol–water partition coefficient (Wildman–Crippen LogP) is 0.480. The number of carbonyl (C=O) groups excluding carboxylic acids is 2. The summed E-state index contributed by atoms with van der Waals surface area (Å²) in [5.41, 5.74) is 0.300. The Morgan fingerprint density at radius 3 is 2.56 bits per heavy atom. The van der Waals surface area contributed by atoms with Crippen LogP contribution in [-0.2, 0) is 19.6 Å². The smallest absolute Gasteiger partial charge is 0.337 e. The first kappa shape index (κ1) is 21.6. The van der Waals surface area contributed by atoms with Gasteiger partial charge in [-0.1, -0.05) is 0 Å². The fourth-order valence-corrected chi connectivity index (χ4v) is 4.95. The highest BCUT2D eigenvalue weighted by Gasteiger charge is 2.35. The van der Waals surface area contributed by atoms with E-state index in [1.54, 1.807) is 4.90 Å². The maximum Gasteiger partial charge on any atom is 0.337 e. The molecule has 2 heterocycles. The zero-order chi connectivity index (χ0) is 18.7. The molecular formula is C17H24ClN3O5S. The Labute approximate surface area is 165 Å². The van der Waals surface area contributed by atoms with Crippen molar-refractivity contribution in [3.05, 3.63) is 29.8 Å². The van der Waals surface area contributed by atoms with Gasteiger partial charge in [-0.2, -0.15) is 4.31 Å². The molecule has 1 atom stereocenters. The van der Waals surface area contributed by atoms with Gasteiger partial charge >= 0.3 is 5.97 Å². The van der Waals surface area contributed by atoms with Crippen molar-refractivity contribution in [1.82, 2.24) is 14.5 Å². The van der Waals surface area contributed by atoms with Gasteiger partial charge < -0.3 is 15.0 Å². The SMILES string of the molecule is COC(=O)c1ccc(S(=O)(=O)N2CCCC(N3CCNCC3=O)C2)cc1.Cl. The predicted molar refractivity (Wildman–Crippen MR) is 101 cm³/mol. The topological polar surface area (TPSA) is 96.0 Å². The van der Waals surface area contributed by atoms with Crippen LogP contribution in [0.5, 0.6) is 0 Å². The van der Waals surface area contributed by atoms with Crippen molar-refractivity contribution >= 4 is 34.3 Å². The highest BCUT2D eigenvalue weighted by molar-refractivity contribution is 7.89. The van der Waals surface area contributed by atoms with Crippen LogP contribution in [0.2, 0.25) is 0 Å². The molecular weight excluding hydrogens is 394 g/mol. The number of amides is 1. The Hall–Kier alpha value is -1.68. The van der Waals surface area contributed by atoms with Crippen LogP contribution in [-0.4, -0.2) is 75.4 Å². The van der Waals surface area contributed by atoms with Crippen LogP contribution >= 0.6 is 12.4 Å². The number of carbonyl (C=O) groups is 2. The maximum atomic E-state index is 12.9. The van der Waals surface area contributed by atoms with E-state index in [4.69, 9.17) is 0 Å². The van der Waals surface area contributed by atoms with Crippen LogP contribution < -0.4 is 5.32 Å². The Balaban J connectivity index is 0.00000261. The number of hydrogen-bond acceptors (Lipinski definition) is 6. The third-order valence-electron chi connectivity index (χ3n) is 4.84. The van der Waals surface area contributed by atoms with Gasteiger partial charge in [0.05, 0.1) is 24.1 Å². The lowest BCUT2D eigenvalue weighted by Crippen LogP contribution is -2.57. The summed E-state index contributed by atoms with van der Waals surface area (Å²) >= 11 is 0. The standard InChI is InChI=1S/C17H23N3O5S.ClH/c1-25-17(22)13-4-6-15(7-5-13)26(23,24)19-9-2-3-14(12-19)20-10-8-18-11-16(20)21;/h4-7,14,18H,2-3,8-12H2,1H3;1H. The summed E-state index contributed by atoms with van der Waals surface area (Å²) in [4.78, 5) is 25.5. The molecule has 0 spiro atoms. The zero-order valence-electron chi connectivity index (χ0n) is 15.1. The van der Waals surface area contributed by atoms with Crippen molar-refractivity contribution in [3.8, 4) is 0 Å². The van der Waals surface area contributed by atoms with Crippen LogP contribution in [0.15, 0.2) is 29.2 Å². The van der Waals surface area contributed by atoms with Gasteiger partial charge in [-0.05, 0) is 37.1 Å². The van der Waals surface area contributed by atoms with Crippen LogP contribution in [0.3, 0.4) is 0 Å². The lowest BCUT2D eigenvalue weighted by Gasteiger charge is -2.40. The van der Waals surface area contributed by atoms with Crippen molar-refractivity contribution in [3.63, 3.8) is 0 Å². The molecule has 1 N–H and O–H groups in total. The number of halogens is 1. The summed E-state index contributed by atoms with van der Waals surface area (Å²) in [6, 6.07) is 5.63. The summed E-state index contributed by atoms with van der Waals surface area (Å²) in [7, 11) is -2.40. The number of rotatable bonds is 4. The van der Waals surface area contributed by atoms with E-state index in [1.165, 1.54) is 35.7 Å². The van der Waals surface area contributed by atoms with Crippen molar-refractivity contribution in [2.45, 2.75) is 23.8 Å². The third-order valence-corrected chi connectivity index (χ3v) is 6.72. The molecule has 0 aromatic heterocycles. The molecule has 10 heteroatoms. The maximum absolute atomic E-state index is 12.9. The van der Waals surface area contributed by atoms with Gasteiger partial charge in [0, 0.05) is 32.2 Å². The van der Waals surface area contributed by atoms with Gasteiger partial charge in [0.25, 0.3) is 0 Å². The normalized spacial score (nSPS) is 21.4. The largest absolute Gasteiger partial charge is 0.465 e. The summed E-state index contributed by atoms with van der Waals surface area (Å²) in [5, 5.41) is 3.03. The summed E-state index contributed by atoms with van der Waals surface area (Å²) < 4.78 is 31.9. The molecule has 2 saturated heterocycles. The summed E-state index contributed by atoms with van der Waals surface area (Å²) in [6.45, 7) is 2.36. The molecule has 2 aliphatic heterocycles. The lowest BCUT2D eigenvalue weighted by molar-refractivity contribution is -0.135. The quantitative estimate of drug-likeness (QED) is 0.716. The van der Waals surface area contributed by atoms with Gasteiger partial charge in [-0.25, -0.2) is 13.2 Å². The molecule has 2 aliphatic rings. The fourth-order valence-electron chi connectivity index (χ4n) is 3.43. The van der Waals surface area contributed by atoms with E-state index in [2.05, 4.69) is 10.1 Å². The summed E-state index contributed by atoms with van der Waals surface area (Å²) in [5.74, 6) is -0.493.